The van der Waals surface area contributed by atoms with Gasteiger partial charge in [0.2, 0.25) is 0 Å². The highest BCUT2D eigenvalue weighted by atomic mass is 16.5. The Balaban J connectivity index is 3.60. The third kappa shape index (κ3) is 6.51. The standard InChI is InChI=1S/C8H19N2O3/c1-10(2,3)4-5-13-8(12)7(9)6-11/h7,11H,4-6,9H2,1-3H3/q+1/t7-/m0/s1. The number of nitrogens with two attached hydrogens (primary N) is 1. The molecule has 0 saturated carbocycles. The number of esters is 1. The molecule has 0 aliphatic heterocycles. The number of carbonyl (C=O) groups is 1. The van der Waals surface area contributed by atoms with Crippen LogP contribution in [0.2, 0.25) is 0 Å². The largest absolute Gasteiger partial charge is 0.458 e. The lowest BCUT2D eigenvalue weighted by Gasteiger charge is -2.23. The van der Waals surface area contributed by atoms with E-state index in [1.54, 1.807) is 0 Å². The maximum absolute atomic E-state index is 10.9. The maximum Gasteiger partial charge on any atom is 0.325 e. The maximum atomic E-state index is 10.9. The Hall–Kier alpha value is -0.650. The Morgan fingerprint density at radius 1 is 1.54 bits per heavy atom. The topological polar surface area (TPSA) is 72.5 Å². The molecule has 0 saturated heterocycles. The highest BCUT2D eigenvalue weighted by Gasteiger charge is 2.15. The summed E-state index contributed by atoms with van der Waals surface area (Å²) in [7, 11) is 6.00. The molecule has 13 heavy (non-hydrogen) atoms. The first-order valence-electron chi connectivity index (χ1n) is 4.20. The van der Waals surface area contributed by atoms with Gasteiger partial charge in [0, 0.05) is 0 Å². The Bertz CT molecular complexity index is 165. The molecule has 0 bridgehead atoms. The number of ether oxygens (including phenoxy) is 1. The average molecular weight is 191 g/mol. The van der Waals surface area contributed by atoms with Gasteiger partial charge in [0.15, 0.2) is 0 Å². The molecule has 0 aromatic rings. The van der Waals surface area contributed by atoms with Crippen molar-refractivity contribution in [3.8, 4) is 0 Å². The lowest BCUT2D eigenvalue weighted by Crippen LogP contribution is -2.40. The molecule has 0 aromatic carbocycles. The SMILES string of the molecule is C[N+](C)(C)CCOC(=O)[C@@H](N)CO. The van der Waals surface area contributed by atoms with Crippen LogP contribution in [0.4, 0.5) is 0 Å². The summed E-state index contributed by atoms with van der Waals surface area (Å²) in [6.45, 7) is 0.684. The Morgan fingerprint density at radius 2 is 2.08 bits per heavy atom. The lowest BCUT2D eigenvalue weighted by atomic mass is 10.3. The zero-order chi connectivity index (χ0) is 10.5. The van der Waals surface area contributed by atoms with Gasteiger partial charge in [0.25, 0.3) is 0 Å². The molecule has 5 nitrogen and oxygen atoms in total. The van der Waals surface area contributed by atoms with E-state index in [1.807, 2.05) is 21.1 Å². The normalized spacial score (nSPS) is 13.9. The molecular weight excluding hydrogens is 172 g/mol. The fourth-order valence-electron chi connectivity index (χ4n) is 0.602. The molecule has 0 aliphatic carbocycles. The summed E-state index contributed by atoms with van der Waals surface area (Å²) in [5.41, 5.74) is 5.24. The summed E-state index contributed by atoms with van der Waals surface area (Å²) in [5, 5.41) is 8.53. The predicted octanol–water partition coefficient (Wildman–Crippen LogP) is -1.44. The fraction of sp³-hybridized carbons (Fsp3) is 0.875. The van der Waals surface area contributed by atoms with Crippen molar-refractivity contribution in [1.82, 2.24) is 0 Å². The second-order valence-electron chi connectivity index (χ2n) is 3.97. The number of aliphatic hydroxyl groups excluding tert-OH is 1. The van der Waals surface area contributed by atoms with E-state index in [0.29, 0.717) is 6.61 Å². The first-order chi connectivity index (χ1) is 5.87. The molecule has 5 heteroatoms. The van der Waals surface area contributed by atoms with Gasteiger partial charge in [-0.25, -0.2) is 0 Å². The van der Waals surface area contributed by atoms with Crippen molar-refractivity contribution in [1.29, 1.82) is 0 Å². The molecule has 0 radical (unpaired) electrons. The first kappa shape index (κ1) is 12.3. The van der Waals surface area contributed by atoms with Crippen LogP contribution in [0.1, 0.15) is 0 Å². The number of nitrogens with zero attached hydrogens (tertiary/aromatic N) is 1. The molecule has 0 aliphatic rings. The van der Waals surface area contributed by atoms with E-state index in [0.717, 1.165) is 11.0 Å². The van der Waals surface area contributed by atoms with E-state index in [1.165, 1.54) is 0 Å². The van der Waals surface area contributed by atoms with Gasteiger partial charge >= 0.3 is 5.97 Å². The van der Waals surface area contributed by atoms with Crippen LogP contribution in [-0.4, -0.2) is 62.5 Å². The molecule has 0 unspecified atom stereocenters. The second-order valence-corrected chi connectivity index (χ2v) is 3.97. The minimum atomic E-state index is -0.910. The number of carbonyl (C=O) groups excluding carboxylic acids is 1. The molecule has 0 spiro atoms. The van der Waals surface area contributed by atoms with Gasteiger partial charge in [-0.15, -0.1) is 0 Å². The van der Waals surface area contributed by atoms with E-state index in [4.69, 9.17) is 15.6 Å². The number of hydrogen-bond acceptors (Lipinski definition) is 4. The Labute approximate surface area is 78.7 Å². The lowest BCUT2D eigenvalue weighted by molar-refractivity contribution is -0.870. The van der Waals surface area contributed by atoms with E-state index in [9.17, 15) is 4.79 Å². The van der Waals surface area contributed by atoms with Crippen LogP contribution >= 0.6 is 0 Å². The van der Waals surface area contributed by atoms with Gasteiger partial charge in [-0.2, -0.15) is 0 Å². The summed E-state index contributed by atoms with van der Waals surface area (Å²) in [4.78, 5) is 10.9. The van der Waals surface area contributed by atoms with Gasteiger partial charge in [-0.3, -0.25) is 4.79 Å². The Kier molecular flexibility index (Phi) is 4.90. The number of likely N-dealkylation sites (N-methyl/N-ethyl adjacent to an activating group) is 1. The summed E-state index contributed by atoms with van der Waals surface area (Å²) in [6, 6.07) is -0.910. The van der Waals surface area contributed by atoms with Crippen LogP contribution in [-0.2, 0) is 9.53 Å². The second kappa shape index (κ2) is 5.16. The monoisotopic (exact) mass is 191 g/mol. The quantitative estimate of drug-likeness (QED) is 0.412. The number of rotatable bonds is 5. The van der Waals surface area contributed by atoms with Crippen LogP contribution < -0.4 is 5.73 Å². The van der Waals surface area contributed by atoms with E-state index >= 15 is 0 Å². The summed E-state index contributed by atoms with van der Waals surface area (Å²) in [6.07, 6.45) is 0. The van der Waals surface area contributed by atoms with E-state index in [2.05, 4.69) is 0 Å². The molecule has 1 atom stereocenters. The first-order valence-corrected chi connectivity index (χ1v) is 4.20. The van der Waals surface area contributed by atoms with E-state index in [-0.39, 0.29) is 6.61 Å². The van der Waals surface area contributed by atoms with Crippen molar-refractivity contribution in [2.75, 3.05) is 40.9 Å². The molecule has 78 valence electrons. The third-order valence-corrected chi connectivity index (χ3v) is 1.51. The molecular formula is C8H19N2O3+. The minimum Gasteiger partial charge on any atom is -0.458 e. The number of quaternary nitrogens is 1. The summed E-state index contributed by atoms with van der Waals surface area (Å²) >= 11 is 0. The molecule has 0 rings (SSSR count). The zero-order valence-corrected chi connectivity index (χ0v) is 8.49. The summed E-state index contributed by atoms with van der Waals surface area (Å²) in [5.74, 6) is -0.545. The third-order valence-electron chi connectivity index (χ3n) is 1.51. The fourth-order valence-corrected chi connectivity index (χ4v) is 0.602. The van der Waals surface area contributed by atoms with Crippen molar-refractivity contribution in [3.63, 3.8) is 0 Å². The molecule has 3 N–H and O–H groups in total. The van der Waals surface area contributed by atoms with Crippen molar-refractivity contribution in [2.24, 2.45) is 5.73 Å². The van der Waals surface area contributed by atoms with Crippen molar-refractivity contribution in [2.45, 2.75) is 6.04 Å². The van der Waals surface area contributed by atoms with Crippen molar-refractivity contribution >= 4 is 5.97 Å². The highest BCUT2D eigenvalue weighted by Crippen LogP contribution is 1.91. The van der Waals surface area contributed by atoms with Crippen LogP contribution in [0, 0.1) is 0 Å². The molecule has 0 fully saturated rings. The molecule has 0 heterocycles. The number of hydrogen-bond donors (Lipinski definition) is 2. The van der Waals surface area contributed by atoms with Crippen molar-refractivity contribution < 1.29 is 19.1 Å². The van der Waals surface area contributed by atoms with Gasteiger partial charge in [0.1, 0.15) is 19.2 Å². The van der Waals surface area contributed by atoms with Crippen molar-refractivity contribution in [3.05, 3.63) is 0 Å². The van der Waals surface area contributed by atoms with E-state index < -0.39 is 12.0 Å². The Morgan fingerprint density at radius 3 is 2.46 bits per heavy atom. The van der Waals surface area contributed by atoms with Gasteiger partial charge in [-0.05, 0) is 0 Å². The van der Waals surface area contributed by atoms with Gasteiger partial charge in [0.05, 0.1) is 27.7 Å². The summed E-state index contributed by atoms with van der Waals surface area (Å²) < 4.78 is 5.56. The number of aliphatic hydroxyl groups is 1. The van der Waals surface area contributed by atoms with Crippen LogP contribution in [0.15, 0.2) is 0 Å². The predicted molar refractivity (Wildman–Crippen MR) is 48.9 cm³/mol. The molecule has 0 amide bonds. The van der Waals surface area contributed by atoms with Crippen LogP contribution in [0.5, 0.6) is 0 Å². The minimum absolute atomic E-state index is 0.329. The highest BCUT2D eigenvalue weighted by molar-refractivity contribution is 5.75. The van der Waals surface area contributed by atoms with Crippen LogP contribution in [0.3, 0.4) is 0 Å². The van der Waals surface area contributed by atoms with Gasteiger partial charge in [-0.1, -0.05) is 0 Å². The molecule has 0 aromatic heterocycles. The zero-order valence-electron chi connectivity index (χ0n) is 8.49. The smallest absolute Gasteiger partial charge is 0.325 e. The average Bonchev–Trinajstić information content (AvgIpc) is 2.00. The van der Waals surface area contributed by atoms with Gasteiger partial charge < -0.3 is 20.1 Å². The van der Waals surface area contributed by atoms with Crippen LogP contribution in [0.25, 0.3) is 0 Å².